The fourth-order valence-corrected chi connectivity index (χ4v) is 5.11. The van der Waals surface area contributed by atoms with E-state index in [1.807, 2.05) is 26.0 Å². The second-order valence-corrected chi connectivity index (χ2v) is 8.62. The van der Waals surface area contributed by atoms with Crippen LogP contribution in [-0.4, -0.2) is 8.42 Å². The van der Waals surface area contributed by atoms with Crippen LogP contribution in [0.2, 0.25) is 0 Å². The maximum atomic E-state index is 12.5. The molecule has 7 heteroatoms. The molecule has 0 fully saturated rings. The van der Waals surface area contributed by atoms with Crippen molar-refractivity contribution in [3.8, 4) is 0 Å². The first-order valence-corrected chi connectivity index (χ1v) is 9.50. The van der Waals surface area contributed by atoms with Gasteiger partial charge in [-0.15, -0.1) is 11.3 Å². The molecular weight excluding hydrogens is 372 g/mol. The summed E-state index contributed by atoms with van der Waals surface area (Å²) in [5.41, 5.74) is 6.35. The zero-order chi connectivity index (χ0) is 15.6. The van der Waals surface area contributed by atoms with Crippen LogP contribution in [0.5, 0.6) is 0 Å². The molecule has 0 aliphatic carbocycles. The summed E-state index contributed by atoms with van der Waals surface area (Å²) in [7, 11) is -3.61. The van der Waals surface area contributed by atoms with Gasteiger partial charge in [0.2, 0.25) is 10.0 Å². The van der Waals surface area contributed by atoms with Gasteiger partial charge in [-0.1, -0.05) is 6.07 Å². The second-order valence-electron chi connectivity index (χ2n) is 4.76. The molecule has 21 heavy (non-hydrogen) atoms. The minimum atomic E-state index is -3.61. The van der Waals surface area contributed by atoms with Crippen LogP contribution in [0.3, 0.4) is 0 Å². The molecule has 1 aromatic carbocycles. The highest BCUT2D eigenvalue weighted by Gasteiger charge is 2.22. The summed E-state index contributed by atoms with van der Waals surface area (Å²) in [4.78, 5) is 2.36. The van der Waals surface area contributed by atoms with Crippen LogP contribution in [0.4, 0.5) is 0 Å². The van der Waals surface area contributed by atoms with E-state index in [-0.39, 0.29) is 10.9 Å². The van der Waals surface area contributed by atoms with E-state index in [2.05, 4.69) is 20.7 Å². The van der Waals surface area contributed by atoms with Crippen molar-refractivity contribution in [3.63, 3.8) is 0 Å². The van der Waals surface area contributed by atoms with Gasteiger partial charge in [-0.05, 0) is 59.6 Å². The Kier molecular flexibility index (Phi) is 5.21. The molecule has 0 bridgehead atoms. The topological polar surface area (TPSA) is 72.2 Å². The largest absolute Gasteiger partial charge is 0.326 e. The maximum absolute atomic E-state index is 12.5. The Morgan fingerprint density at radius 2 is 2.05 bits per heavy atom. The minimum absolute atomic E-state index is 0.213. The number of nitrogens with one attached hydrogen (secondary N) is 1. The standard InChI is InChI=1S/C14H17BrN2O2S2/c1-9-3-6-13(20-9)10(2)17-21(18,19)14-7-11(8-16)4-5-12(14)15/h3-7,10,17H,8,16H2,1-2H3. The van der Waals surface area contributed by atoms with Crippen molar-refractivity contribution in [1.82, 2.24) is 4.72 Å². The van der Waals surface area contributed by atoms with Gasteiger partial charge in [0.1, 0.15) is 0 Å². The SMILES string of the molecule is Cc1ccc(C(C)NS(=O)(=O)c2cc(CN)ccc2Br)s1. The lowest BCUT2D eigenvalue weighted by atomic mass is 10.2. The molecular formula is C14H17BrN2O2S2. The second kappa shape index (κ2) is 6.58. The van der Waals surface area contributed by atoms with Crippen molar-refractivity contribution in [3.05, 3.63) is 50.1 Å². The average Bonchev–Trinajstić information content (AvgIpc) is 2.85. The van der Waals surface area contributed by atoms with Crippen molar-refractivity contribution in [1.29, 1.82) is 0 Å². The molecule has 0 amide bonds. The van der Waals surface area contributed by atoms with Crippen LogP contribution in [-0.2, 0) is 16.6 Å². The number of thiophene rings is 1. The highest BCUT2D eigenvalue weighted by molar-refractivity contribution is 9.10. The van der Waals surface area contributed by atoms with E-state index in [4.69, 9.17) is 5.73 Å². The molecule has 1 atom stereocenters. The Balaban J connectivity index is 2.30. The van der Waals surface area contributed by atoms with Gasteiger partial charge in [0.15, 0.2) is 0 Å². The van der Waals surface area contributed by atoms with Crippen molar-refractivity contribution in [2.24, 2.45) is 5.73 Å². The molecule has 1 heterocycles. The normalized spacial score (nSPS) is 13.3. The Morgan fingerprint density at radius 1 is 1.33 bits per heavy atom. The van der Waals surface area contributed by atoms with E-state index in [0.717, 1.165) is 15.3 Å². The van der Waals surface area contributed by atoms with Crippen LogP contribution in [0.1, 0.15) is 28.3 Å². The number of aryl methyl sites for hydroxylation is 1. The fraction of sp³-hybridized carbons (Fsp3) is 0.286. The summed E-state index contributed by atoms with van der Waals surface area (Å²) < 4.78 is 28.3. The third-order valence-corrected chi connectivity index (χ3v) is 6.76. The number of nitrogens with two attached hydrogens (primary N) is 1. The Bertz CT molecular complexity index is 741. The first-order valence-electron chi connectivity index (χ1n) is 6.40. The number of hydrogen-bond acceptors (Lipinski definition) is 4. The van der Waals surface area contributed by atoms with Gasteiger partial charge in [0.05, 0.1) is 10.9 Å². The summed E-state index contributed by atoms with van der Waals surface area (Å²) >= 11 is 4.87. The molecule has 0 aliphatic heterocycles. The third kappa shape index (κ3) is 3.92. The van der Waals surface area contributed by atoms with Gasteiger partial charge >= 0.3 is 0 Å². The van der Waals surface area contributed by atoms with Crippen molar-refractivity contribution < 1.29 is 8.42 Å². The smallest absolute Gasteiger partial charge is 0.242 e. The average molecular weight is 389 g/mol. The van der Waals surface area contributed by atoms with E-state index in [9.17, 15) is 8.42 Å². The predicted molar refractivity (Wildman–Crippen MR) is 89.8 cm³/mol. The highest BCUT2D eigenvalue weighted by Crippen LogP contribution is 2.27. The van der Waals surface area contributed by atoms with Crippen molar-refractivity contribution >= 4 is 37.3 Å². The first-order chi connectivity index (χ1) is 9.83. The van der Waals surface area contributed by atoms with Crippen LogP contribution in [0, 0.1) is 6.92 Å². The molecule has 0 spiro atoms. The number of rotatable bonds is 5. The van der Waals surface area contributed by atoms with Crippen molar-refractivity contribution in [2.45, 2.75) is 31.3 Å². The Hall–Kier alpha value is -0.730. The lowest BCUT2D eigenvalue weighted by Gasteiger charge is -2.14. The highest BCUT2D eigenvalue weighted by atomic mass is 79.9. The zero-order valence-corrected chi connectivity index (χ0v) is 15.0. The van der Waals surface area contributed by atoms with Crippen LogP contribution < -0.4 is 10.5 Å². The minimum Gasteiger partial charge on any atom is -0.326 e. The van der Waals surface area contributed by atoms with Gasteiger partial charge in [0.25, 0.3) is 0 Å². The molecule has 114 valence electrons. The quantitative estimate of drug-likeness (QED) is 0.824. The number of hydrogen-bond donors (Lipinski definition) is 2. The molecule has 0 saturated heterocycles. The zero-order valence-electron chi connectivity index (χ0n) is 11.8. The monoisotopic (exact) mass is 388 g/mol. The third-order valence-electron chi connectivity index (χ3n) is 3.04. The van der Waals surface area contributed by atoms with E-state index in [1.165, 1.54) is 0 Å². The number of benzene rings is 1. The molecule has 1 unspecified atom stereocenters. The van der Waals surface area contributed by atoms with Crippen LogP contribution in [0.25, 0.3) is 0 Å². The molecule has 3 N–H and O–H groups in total. The van der Waals surface area contributed by atoms with Gasteiger partial charge in [-0.2, -0.15) is 0 Å². The molecule has 4 nitrogen and oxygen atoms in total. The van der Waals surface area contributed by atoms with Gasteiger partial charge in [-0.3, -0.25) is 0 Å². The summed E-state index contributed by atoms with van der Waals surface area (Å²) in [5.74, 6) is 0. The van der Waals surface area contributed by atoms with E-state index < -0.39 is 10.0 Å². The number of halogens is 1. The maximum Gasteiger partial charge on any atom is 0.242 e. The summed E-state index contributed by atoms with van der Waals surface area (Å²) in [5, 5.41) is 0. The van der Waals surface area contributed by atoms with Gasteiger partial charge < -0.3 is 5.73 Å². The van der Waals surface area contributed by atoms with Gasteiger partial charge in [0, 0.05) is 20.8 Å². The molecule has 2 aromatic rings. The Morgan fingerprint density at radius 3 is 2.62 bits per heavy atom. The predicted octanol–water partition coefficient (Wildman–Crippen LogP) is 3.32. The van der Waals surface area contributed by atoms with Crippen LogP contribution in [0.15, 0.2) is 39.7 Å². The fourth-order valence-electron chi connectivity index (χ4n) is 1.92. The molecule has 0 saturated carbocycles. The van der Waals surface area contributed by atoms with Gasteiger partial charge in [-0.25, -0.2) is 13.1 Å². The lowest BCUT2D eigenvalue weighted by Crippen LogP contribution is -2.26. The molecule has 1 aromatic heterocycles. The molecule has 0 radical (unpaired) electrons. The molecule has 2 rings (SSSR count). The summed E-state index contributed by atoms with van der Waals surface area (Å²) in [6, 6.07) is 8.75. The van der Waals surface area contributed by atoms with E-state index in [1.54, 1.807) is 29.5 Å². The number of sulfonamides is 1. The summed E-state index contributed by atoms with van der Waals surface area (Å²) in [6.45, 7) is 4.13. The van der Waals surface area contributed by atoms with Crippen molar-refractivity contribution in [2.75, 3.05) is 0 Å². The van der Waals surface area contributed by atoms with E-state index in [0.29, 0.717) is 11.0 Å². The Labute approximate surface area is 137 Å². The summed E-state index contributed by atoms with van der Waals surface area (Å²) in [6.07, 6.45) is 0. The molecule has 0 aliphatic rings. The first kappa shape index (κ1) is 16.6. The lowest BCUT2D eigenvalue weighted by molar-refractivity contribution is 0.568. The van der Waals surface area contributed by atoms with E-state index >= 15 is 0 Å². The van der Waals surface area contributed by atoms with Crippen LogP contribution >= 0.6 is 27.3 Å².